The van der Waals surface area contributed by atoms with Crippen LogP contribution >= 0.6 is 0 Å². The third-order valence-electron chi connectivity index (χ3n) is 3.36. The summed E-state index contributed by atoms with van der Waals surface area (Å²) in [5, 5.41) is 3.83. The van der Waals surface area contributed by atoms with Crippen molar-refractivity contribution < 1.29 is 9.53 Å². The second kappa shape index (κ2) is 6.26. The maximum absolute atomic E-state index is 12.1. The van der Waals surface area contributed by atoms with Crippen molar-refractivity contribution in [3.8, 4) is 5.75 Å². The summed E-state index contributed by atoms with van der Waals surface area (Å²) in [5.41, 5.74) is 2.47. The van der Waals surface area contributed by atoms with Crippen LogP contribution in [0.1, 0.15) is 5.56 Å². The number of hydrogen-bond donors (Lipinski definition) is 1. The number of nitrogens with one attached hydrogen (secondary N) is 1. The van der Waals surface area contributed by atoms with Crippen molar-refractivity contribution in [2.24, 2.45) is 0 Å². The van der Waals surface area contributed by atoms with Crippen molar-refractivity contribution in [2.45, 2.75) is 6.92 Å². The van der Waals surface area contributed by atoms with Crippen LogP contribution in [0.25, 0.3) is 10.9 Å². The van der Waals surface area contributed by atoms with Gasteiger partial charge >= 0.3 is 0 Å². The lowest BCUT2D eigenvalue weighted by Crippen LogP contribution is -2.20. The van der Waals surface area contributed by atoms with Gasteiger partial charge in [-0.1, -0.05) is 36.4 Å². The summed E-state index contributed by atoms with van der Waals surface area (Å²) >= 11 is 0. The van der Waals surface area contributed by atoms with E-state index in [1.165, 1.54) is 0 Å². The molecule has 3 aromatic rings. The van der Waals surface area contributed by atoms with Gasteiger partial charge in [0.1, 0.15) is 5.75 Å². The van der Waals surface area contributed by atoms with E-state index in [0.29, 0.717) is 11.4 Å². The summed E-state index contributed by atoms with van der Waals surface area (Å²) in [6, 6.07) is 17.1. The number of amides is 1. The number of pyridine rings is 1. The number of carbonyl (C=O) groups is 1. The number of hydrogen-bond acceptors (Lipinski definition) is 3. The average molecular weight is 292 g/mol. The molecule has 2 aromatic carbocycles. The van der Waals surface area contributed by atoms with Crippen LogP contribution in [0.15, 0.2) is 60.8 Å². The molecule has 0 aliphatic heterocycles. The van der Waals surface area contributed by atoms with Gasteiger partial charge in [-0.05, 0) is 30.7 Å². The molecule has 0 aliphatic carbocycles. The fourth-order valence-electron chi connectivity index (χ4n) is 2.25. The molecule has 1 heterocycles. The third kappa shape index (κ3) is 3.06. The van der Waals surface area contributed by atoms with E-state index in [-0.39, 0.29) is 12.5 Å². The van der Waals surface area contributed by atoms with Crippen molar-refractivity contribution >= 4 is 22.5 Å². The van der Waals surface area contributed by atoms with Gasteiger partial charge in [0, 0.05) is 11.6 Å². The number of fused-ring (bicyclic) bond motifs is 1. The van der Waals surface area contributed by atoms with E-state index < -0.39 is 0 Å². The maximum Gasteiger partial charge on any atom is 0.262 e. The number of nitrogens with zero attached hydrogens (tertiary/aromatic N) is 1. The molecule has 4 heteroatoms. The Bertz CT molecular complexity index is 810. The predicted octanol–water partition coefficient (Wildman–Crippen LogP) is 3.56. The second-order valence-electron chi connectivity index (χ2n) is 4.98. The van der Waals surface area contributed by atoms with Gasteiger partial charge in [-0.25, -0.2) is 0 Å². The summed E-state index contributed by atoms with van der Waals surface area (Å²) in [7, 11) is 0. The van der Waals surface area contributed by atoms with Crippen LogP contribution in [0.2, 0.25) is 0 Å². The minimum Gasteiger partial charge on any atom is -0.483 e. The molecule has 22 heavy (non-hydrogen) atoms. The molecular weight excluding hydrogens is 276 g/mol. The molecule has 4 nitrogen and oxygen atoms in total. The molecule has 1 aromatic heterocycles. The monoisotopic (exact) mass is 292 g/mol. The number of para-hydroxylation sites is 2. The minimum absolute atomic E-state index is 0.0337. The molecule has 0 radical (unpaired) electrons. The van der Waals surface area contributed by atoms with E-state index in [1.807, 2.05) is 61.5 Å². The molecular formula is C18H16N2O2. The lowest BCUT2D eigenvalue weighted by molar-refractivity contribution is -0.118. The molecule has 1 amide bonds. The zero-order valence-corrected chi connectivity index (χ0v) is 12.2. The Morgan fingerprint density at radius 3 is 2.77 bits per heavy atom. The van der Waals surface area contributed by atoms with Crippen molar-refractivity contribution in [2.75, 3.05) is 11.9 Å². The predicted molar refractivity (Wildman–Crippen MR) is 87.0 cm³/mol. The first-order valence-electron chi connectivity index (χ1n) is 7.06. The average Bonchev–Trinajstić information content (AvgIpc) is 2.54. The quantitative estimate of drug-likeness (QED) is 0.800. The summed E-state index contributed by atoms with van der Waals surface area (Å²) in [6.45, 7) is 1.91. The molecule has 0 bridgehead atoms. The Morgan fingerprint density at radius 2 is 1.91 bits per heavy atom. The van der Waals surface area contributed by atoms with Crippen molar-refractivity contribution in [1.29, 1.82) is 0 Å². The van der Waals surface area contributed by atoms with E-state index in [4.69, 9.17) is 4.74 Å². The van der Waals surface area contributed by atoms with Crippen LogP contribution < -0.4 is 10.1 Å². The first kappa shape index (κ1) is 14.1. The first-order valence-corrected chi connectivity index (χ1v) is 7.06. The highest BCUT2D eigenvalue weighted by molar-refractivity contribution is 6.00. The normalized spacial score (nSPS) is 10.4. The third-order valence-corrected chi connectivity index (χ3v) is 3.36. The molecule has 3 rings (SSSR count). The molecule has 0 spiro atoms. The van der Waals surface area contributed by atoms with Gasteiger partial charge in [-0.15, -0.1) is 0 Å². The topological polar surface area (TPSA) is 51.2 Å². The van der Waals surface area contributed by atoms with E-state index in [2.05, 4.69) is 10.3 Å². The number of ether oxygens (including phenoxy) is 1. The van der Waals surface area contributed by atoms with Crippen molar-refractivity contribution in [3.63, 3.8) is 0 Å². The number of benzene rings is 2. The Morgan fingerprint density at radius 1 is 1.09 bits per heavy atom. The minimum atomic E-state index is -0.207. The van der Waals surface area contributed by atoms with Gasteiger partial charge in [-0.3, -0.25) is 9.78 Å². The summed E-state index contributed by atoms with van der Waals surface area (Å²) in [5.74, 6) is 0.509. The Labute approximate surface area is 128 Å². The fraction of sp³-hybridized carbons (Fsp3) is 0.111. The smallest absolute Gasteiger partial charge is 0.262 e. The molecule has 110 valence electrons. The van der Waals surface area contributed by atoms with Crippen LogP contribution in [-0.4, -0.2) is 17.5 Å². The van der Waals surface area contributed by atoms with Gasteiger partial charge < -0.3 is 10.1 Å². The molecule has 1 N–H and O–H groups in total. The number of rotatable bonds is 4. The Hall–Kier alpha value is -2.88. The lowest BCUT2D eigenvalue weighted by atomic mass is 10.2. The zero-order valence-electron chi connectivity index (χ0n) is 12.2. The standard InChI is InChI=1S/C18H16N2O2/c1-13-6-2-3-10-16(13)22-12-17(21)20-15-9-4-7-14-8-5-11-19-18(14)15/h2-11H,12H2,1H3,(H,20,21). The SMILES string of the molecule is Cc1ccccc1OCC(=O)Nc1cccc2cccnc12. The van der Waals surface area contributed by atoms with Crippen LogP contribution in [0.4, 0.5) is 5.69 Å². The van der Waals surface area contributed by atoms with Gasteiger partial charge in [0.15, 0.2) is 6.61 Å². The first-order chi connectivity index (χ1) is 10.7. The fourth-order valence-corrected chi connectivity index (χ4v) is 2.25. The summed E-state index contributed by atoms with van der Waals surface area (Å²) in [4.78, 5) is 16.4. The van der Waals surface area contributed by atoms with E-state index in [1.54, 1.807) is 6.20 Å². The van der Waals surface area contributed by atoms with Gasteiger partial charge in [0.2, 0.25) is 0 Å². The van der Waals surface area contributed by atoms with Crippen molar-refractivity contribution in [1.82, 2.24) is 4.98 Å². The highest BCUT2D eigenvalue weighted by atomic mass is 16.5. The number of aryl methyl sites for hydroxylation is 1. The molecule has 0 unspecified atom stereocenters. The van der Waals surface area contributed by atoms with Gasteiger partial charge in [0.05, 0.1) is 11.2 Å². The van der Waals surface area contributed by atoms with Crippen LogP contribution in [0.5, 0.6) is 5.75 Å². The van der Waals surface area contributed by atoms with E-state index in [9.17, 15) is 4.79 Å². The molecule has 0 fully saturated rings. The van der Waals surface area contributed by atoms with Crippen molar-refractivity contribution in [3.05, 3.63) is 66.4 Å². The maximum atomic E-state index is 12.1. The van der Waals surface area contributed by atoms with E-state index in [0.717, 1.165) is 16.5 Å². The molecule has 0 atom stereocenters. The van der Waals surface area contributed by atoms with E-state index >= 15 is 0 Å². The highest BCUT2D eigenvalue weighted by Gasteiger charge is 2.08. The molecule has 0 saturated heterocycles. The van der Waals surface area contributed by atoms with Gasteiger partial charge in [0.25, 0.3) is 5.91 Å². The lowest BCUT2D eigenvalue weighted by Gasteiger charge is -2.10. The zero-order chi connectivity index (χ0) is 15.4. The van der Waals surface area contributed by atoms with Crippen LogP contribution in [0.3, 0.4) is 0 Å². The largest absolute Gasteiger partial charge is 0.483 e. The summed E-state index contributed by atoms with van der Waals surface area (Å²) < 4.78 is 5.55. The number of aromatic nitrogens is 1. The number of carbonyl (C=O) groups excluding carboxylic acids is 1. The summed E-state index contributed by atoms with van der Waals surface area (Å²) in [6.07, 6.45) is 1.71. The Kier molecular flexibility index (Phi) is 4.01. The highest BCUT2D eigenvalue weighted by Crippen LogP contribution is 2.21. The van der Waals surface area contributed by atoms with Crippen LogP contribution in [-0.2, 0) is 4.79 Å². The Balaban J connectivity index is 1.70. The second-order valence-corrected chi connectivity index (χ2v) is 4.98. The molecule has 0 saturated carbocycles. The van der Waals surface area contributed by atoms with Gasteiger partial charge in [-0.2, -0.15) is 0 Å². The molecule has 0 aliphatic rings. The number of anilines is 1. The van der Waals surface area contributed by atoms with Crippen LogP contribution in [0, 0.1) is 6.92 Å².